The average Bonchev–Trinajstić information content (AvgIpc) is 3.31. The van der Waals surface area contributed by atoms with Gasteiger partial charge in [0.15, 0.2) is 0 Å². The van der Waals surface area contributed by atoms with Crippen molar-refractivity contribution in [3.63, 3.8) is 0 Å². The van der Waals surface area contributed by atoms with E-state index in [4.69, 9.17) is 4.74 Å². The Morgan fingerprint density at radius 1 is 1.22 bits per heavy atom. The maximum absolute atomic E-state index is 12.5. The molecule has 7 heteroatoms. The summed E-state index contributed by atoms with van der Waals surface area (Å²) in [6.07, 6.45) is 7.53. The van der Waals surface area contributed by atoms with Gasteiger partial charge in [-0.1, -0.05) is 0 Å². The molecule has 0 saturated carbocycles. The van der Waals surface area contributed by atoms with E-state index in [1.165, 1.54) is 0 Å². The molecule has 4 rings (SSSR count). The van der Waals surface area contributed by atoms with Gasteiger partial charge in [-0.3, -0.25) is 0 Å². The highest BCUT2D eigenvalue weighted by Crippen LogP contribution is 2.36. The van der Waals surface area contributed by atoms with Crippen molar-refractivity contribution in [2.45, 2.75) is 37.3 Å². The summed E-state index contributed by atoms with van der Waals surface area (Å²) in [5.74, 6) is 0.640. The Kier molecular flexibility index (Phi) is 3.80. The second kappa shape index (κ2) is 5.96. The number of carbonyl (C=O) groups excluding carboxylic acids is 1. The maximum atomic E-state index is 12.5. The number of rotatable bonds is 2. The number of likely N-dealkylation sites (tertiary alicyclic amines) is 2. The van der Waals surface area contributed by atoms with Crippen LogP contribution in [-0.4, -0.2) is 70.2 Å². The first-order valence-electron chi connectivity index (χ1n) is 8.46. The van der Waals surface area contributed by atoms with Gasteiger partial charge in [0.25, 0.3) is 0 Å². The van der Waals surface area contributed by atoms with Gasteiger partial charge < -0.3 is 19.9 Å². The Labute approximate surface area is 136 Å². The summed E-state index contributed by atoms with van der Waals surface area (Å²) in [5, 5.41) is 3.33. The van der Waals surface area contributed by atoms with Crippen molar-refractivity contribution < 1.29 is 9.53 Å². The summed E-state index contributed by atoms with van der Waals surface area (Å²) in [6.45, 7) is 3.95. The Balaban J connectivity index is 1.34. The standard InChI is InChI=1S/C16H23N5O2/c22-15(20-7-1-2-8-20)21-9-4-16(12-21)10-13(11-23-16)19-14-17-5-3-6-18-14/h3,5-6,13H,1-2,4,7-12H2,(H,17,18,19)/t13-,16-/m1/s1. The number of hydrogen-bond donors (Lipinski definition) is 1. The van der Waals surface area contributed by atoms with Crippen LogP contribution in [0.2, 0.25) is 0 Å². The van der Waals surface area contributed by atoms with Crippen LogP contribution >= 0.6 is 0 Å². The van der Waals surface area contributed by atoms with Crippen molar-refractivity contribution in [3.8, 4) is 0 Å². The van der Waals surface area contributed by atoms with Crippen LogP contribution < -0.4 is 5.32 Å². The van der Waals surface area contributed by atoms with E-state index >= 15 is 0 Å². The number of hydrogen-bond acceptors (Lipinski definition) is 5. The van der Waals surface area contributed by atoms with Crippen molar-refractivity contribution >= 4 is 12.0 Å². The molecular weight excluding hydrogens is 294 g/mol. The summed E-state index contributed by atoms with van der Waals surface area (Å²) >= 11 is 0. The molecule has 3 aliphatic heterocycles. The normalized spacial score (nSPS) is 30.3. The van der Waals surface area contributed by atoms with Gasteiger partial charge in [0.2, 0.25) is 5.95 Å². The van der Waals surface area contributed by atoms with Gasteiger partial charge in [-0.05, 0) is 25.3 Å². The lowest BCUT2D eigenvalue weighted by Gasteiger charge is -2.26. The molecule has 3 saturated heterocycles. The predicted octanol–water partition coefficient (Wildman–Crippen LogP) is 1.34. The molecule has 1 aromatic heterocycles. The minimum absolute atomic E-state index is 0.186. The van der Waals surface area contributed by atoms with Crippen molar-refractivity contribution in [2.75, 3.05) is 38.1 Å². The number of carbonyl (C=O) groups is 1. The minimum Gasteiger partial charge on any atom is -0.371 e. The SMILES string of the molecule is O=C(N1CCCC1)N1CC[C@@]2(C[C@@H](Nc3ncccn3)CO2)C1. The van der Waals surface area contributed by atoms with Gasteiger partial charge in [0.1, 0.15) is 0 Å². The minimum atomic E-state index is -0.193. The van der Waals surface area contributed by atoms with E-state index in [0.29, 0.717) is 19.1 Å². The Morgan fingerprint density at radius 3 is 2.78 bits per heavy atom. The lowest BCUT2D eigenvalue weighted by atomic mass is 9.97. The number of amides is 2. The topological polar surface area (TPSA) is 70.6 Å². The summed E-state index contributed by atoms with van der Waals surface area (Å²) in [7, 11) is 0. The first-order valence-corrected chi connectivity index (χ1v) is 8.46. The smallest absolute Gasteiger partial charge is 0.320 e. The molecule has 124 valence electrons. The molecule has 0 aliphatic carbocycles. The zero-order valence-electron chi connectivity index (χ0n) is 13.3. The number of nitrogens with zero attached hydrogens (tertiary/aromatic N) is 4. The molecule has 1 spiro atoms. The molecule has 2 atom stereocenters. The van der Waals surface area contributed by atoms with E-state index in [9.17, 15) is 4.79 Å². The second-order valence-electron chi connectivity index (χ2n) is 6.76. The van der Waals surface area contributed by atoms with Crippen molar-refractivity contribution in [3.05, 3.63) is 18.5 Å². The third-order valence-corrected chi connectivity index (χ3v) is 5.07. The largest absolute Gasteiger partial charge is 0.371 e. The van der Waals surface area contributed by atoms with E-state index < -0.39 is 0 Å². The summed E-state index contributed by atoms with van der Waals surface area (Å²) in [5.41, 5.74) is -0.193. The van der Waals surface area contributed by atoms with Gasteiger partial charge in [0, 0.05) is 38.4 Å². The van der Waals surface area contributed by atoms with E-state index in [1.54, 1.807) is 18.5 Å². The third kappa shape index (κ3) is 2.97. The van der Waals surface area contributed by atoms with Crippen LogP contribution in [0.1, 0.15) is 25.7 Å². The van der Waals surface area contributed by atoms with Gasteiger partial charge in [-0.15, -0.1) is 0 Å². The van der Waals surface area contributed by atoms with Crippen LogP contribution in [0.3, 0.4) is 0 Å². The molecule has 0 aromatic carbocycles. The Morgan fingerprint density at radius 2 is 2.00 bits per heavy atom. The number of ether oxygens (including phenoxy) is 1. The molecule has 23 heavy (non-hydrogen) atoms. The second-order valence-corrected chi connectivity index (χ2v) is 6.76. The highest BCUT2D eigenvalue weighted by atomic mass is 16.5. The molecular formula is C16H23N5O2. The molecule has 4 heterocycles. The van der Waals surface area contributed by atoms with Crippen LogP contribution in [0, 0.1) is 0 Å². The van der Waals surface area contributed by atoms with Crippen LogP contribution in [0.15, 0.2) is 18.5 Å². The van der Waals surface area contributed by atoms with E-state index in [0.717, 1.165) is 45.3 Å². The fourth-order valence-corrected chi connectivity index (χ4v) is 3.89. The number of nitrogens with one attached hydrogen (secondary N) is 1. The first kappa shape index (κ1) is 14.7. The number of anilines is 1. The van der Waals surface area contributed by atoms with Crippen molar-refractivity contribution in [1.82, 2.24) is 19.8 Å². The van der Waals surface area contributed by atoms with E-state index in [2.05, 4.69) is 15.3 Å². The van der Waals surface area contributed by atoms with Gasteiger partial charge in [-0.2, -0.15) is 0 Å². The van der Waals surface area contributed by atoms with Gasteiger partial charge in [-0.25, -0.2) is 14.8 Å². The summed E-state index contributed by atoms with van der Waals surface area (Å²) in [6, 6.07) is 2.20. The predicted molar refractivity (Wildman–Crippen MR) is 85.1 cm³/mol. The van der Waals surface area contributed by atoms with Crippen molar-refractivity contribution in [1.29, 1.82) is 0 Å². The van der Waals surface area contributed by atoms with Gasteiger partial charge >= 0.3 is 6.03 Å². The lowest BCUT2D eigenvalue weighted by Crippen LogP contribution is -2.43. The molecule has 0 radical (unpaired) electrons. The maximum Gasteiger partial charge on any atom is 0.320 e. The average molecular weight is 317 g/mol. The molecule has 1 aromatic rings. The fourth-order valence-electron chi connectivity index (χ4n) is 3.89. The monoisotopic (exact) mass is 317 g/mol. The molecule has 0 unspecified atom stereocenters. The van der Waals surface area contributed by atoms with Crippen LogP contribution in [0.4, 0.5) is 10.7 Å². The van der Waals surface area contributed by atoms with Crippen LogP contribution in [0.25, 0.3) is 0 Å². The number of urea groups is 1. The molecule has 0 bridgehead atoms. The third-order valence-electron chi connectivity index (χ3n) is 5.07. The van der Waals surface area contributed by atoms with Crippen molar-refractivity contribution in [2.24, 2.45) is 0 Å². The Bertz CT molecular complexity index is 563. The zero-order chi connectivity index (χ0) is 15.7. The van der Waals surface area contributed by atoms with E-state index in [1.807, 2.05) is 9.80 Å². The van der Waals surface area contributed by atoms with Crippen LogP contribution in [0.5, 0.6) is 0 Å². The molecule has 7 nitrogen and oxygen atoms in total. The van der Waals surface area contributed by atoms with Crippen LogP contribution in [-0.2, 0) is 4.74 Å². The first-order chi connectivity index (χ1) is 11.2. The highest BCUT2D eigenvalue weighted by Gasteiger charge is 2.47. The quantitative estimate of drug-likeness (QED) is 0.891. The molecule has 2 amide bonds. The zero-order valence-corrected chi connectivity index (χ0v) is 13.3. The summed E-state index contributed by atoms with van der Waals surface area (Å²) in [4.78, 5) is 24.9. The fraction of sp³-hybridized carbons (Fsp3) is 0.688. The highest BCUT2D eigenvalue weighted by molar-refractivity contribution is 5.75. The summed E-state index contributed by atoms with van der Waals surface area (Å²) < 4.78 is 6.10. The molecule has 3 fully saturated rings. The number of aromatic nitrogens is 2. The van der Waals surface area contributed by atoms with Gasteiger partial charge in [0.05, 0.1) is 24.8 Å². The molecule has 1 N–H and O–H groups in total. The molecule has 3 aliphatic rings. The van der Waals surface area contributed by atoms with E-state index in [-0.39, 0.29) is 17.7 Å². The lowest BCUT2D eigenvalue weighted by molar-refractivity contribution is 0.0141. The Hall–Kier alpha value is -1.89.